The fraction of sp³-hybridized carbons (Fsp3) is 0.385. The van der Waals surface area contributed by atoms with Gasteiger partial charge in [-0.2, -0.15) is 0 Å². The van der Waals surface area contributed by atoms with Gasteiger partial charge >= 0.3 is 0 Å². The lowest BCUT2D eigenvalue weighted by molar-refractivity contribution is 0.777. The largest absolute Gasteiger partial charge is 0.370 e. The van der Waals surface area contributed by atoms with Gasteiger partial charge in [0.15, 0.2) is 0 Å². The summed E-state index contributed by atoms with van der Waals surface area (Å²) in [7, 11) is 0. The molecule has 2 rings (SSSR count). The second kappa shape index (κ2) is 6.75. The highest BCUT2D eigenvalue weighted by Crippen LogP contribution is 2.08. The van der Waals surface area contributed by atoms with E-state index in [0.717, 1.165) is 24.6 Å². The van der Waals surface area contributed by atoms with Gasteiger partial charge in [0.1, 0.15) is 18.0 Å². The van der Waals surface area contributed by atoms with Gasteiger partial charge in [0.05, 0.1) is 0 Å². The average Bonchev–Trinajstić information content (AvgIpc) is 2.90. The maximum Gasteiger partial charge on any atom is 0.131 e. The number of nitrogens with two attached hydrogens (primary N) is 1. The first-order chi connectivity index (χ1) is 9.24. The van der Waals surface area contributed by atoms with Gasteiger partial charge in [0.25, 0.3) is 0 Å². The van der Waals surface area contributed by atoms with E-state index in [-0.39, 0.29) is 6.04 Å². The minimum Gasteiger partial charge on any atom is -0.370 e. The van der Waals surface area contributed by atoms with Crippen molar-refractivity contribution in [3.8, 4) is 0 Å². The van der Waals surface area contributed by atoms with Gasteiger partial charge in [0.2, 0.25) is 0 Å². The molecule has 0 bridgehead atoms. The molecule has 0 aromatic carbocycles. The Hall–Kier alpha value is -2.08. The summed E-state index contributed by atoms with van der Waals surface area (Å²) in [6.45, 7) is 3.47. The van der Waals surface area contributed by atoms with Crippen molar-refractivity contribution in [3.63, 3.8) is 0 Å². The third kappa shape index (κ3) is 4.59. The van der Waals surface area contributed by atoms with E-state index in [4.69, 9.17) is 5.73 Å². The van der Waals surface area contributed by atoms with Crippen LogP contribution >= 0.6 is 0 Å². The van der Waals surface area contributed by atoms with Crippen molar-refractivity contribution in [1.82, 2.24) is 15.0 Å². The van der Waals surface area contributed by atoms with Crippen LogP contribution in [0, 0.1) is 0 Å². The number of aromatic amines is 1. The quantitative estimate of drug-likeness (QED) is 0.601. The second-order valence-electron chi connectivity index (χ2n) is 4.52. The first-order valence-electron chi connectivity index (χ1n) is 6.41. The molecule has 0 saturated heterocycles. The topological polar surface area (TPSA) is 91.7 Å². The number of H-pyrrole nitrogens is 1. The van der Waals surface area contributed by atoms with E-state index in [2.05, 4.69) is 31.7 Å². The van der Waals surface area contributed by atoms with Crippen LogP contribution in [-0.2, 0) is 6.42 Å². The van der Waals surface area contributed by atoms with Gasteiger partial charge in [-0.05, 0) is 19.1 Å². The first kappa shape index (κ1) is 13.4. The summed E-state index contributed by atoms with van der Waals surface area (Å²) in [6.07, 6.45) is 4.40. The van der Waals surface area contributed by atoms with Gasteiger partial charge in [-0.25, -0.2) is 9.97 Å². The van der Waals surface area contributed by atoms with Crippen molar-refractivity contribution in [2.45, 2.75) is 19.4 Å². The van der Waals surface area contributed by atoms with Crippen molar-refractivity contribution in [1.29, 1.82) is 0 Å². The van der Waals surface area contributed by atoms with E-state index < -0.39 is 0 Å². The Kier molecular flexibility index (Phi) is 4.74. The highest BCUT2D eigenvalue weighted by molar-refractivity contribution is 5.46. The molecule has 19 heavy (non-hydrogen) atoms. The van der Waals surface area contributed by atoms with Crippen molar-refractivity contribution in [2.75, 3.05) is 23.7 Å². The summed E-state index contributed by atoms with van der Waals surface area (Å²) in [5.41, 5.74) is 6.89. The smallest absolute Gasteiger partial charge is 0.131 e. The van der Waals surface area contributed by atoms with Crippen molar-refractivity contribution in [3.05, 3.63) is 36.4 Å². The molecule has 2 aromatic heterocycles. The summed E-state index contributed by atoms with van der Waals surface area (Å²) in [5.74, 6) is 1.60. The van der Waals surface area contributed by atoms with E-state index in [1.807, 2.05) is 25.3 Å². The Bertz CT molecular complexity index is 480. The molecule has 0 aliphatic carbocycles. The Labute approximate surface area is 112 Å². The lowest BCUT2D eigenvalue weighted by Crippen LogP contribution is -2.25. The Morgan fingerprint density at radius 3 is 2.79 bits per heavy atom. The Morgan fingerprint density at radius 1 is 1.32 bits per heavy atom. The van der Waals surface area contributed by atoms with Crippen LogP contribution in [0.1, 0.15) is 12.6 Å². The minimum atomic E-state index is 0.0965. The molecular weight excluding hydrogens is 240 g/mol. The summed E-state index contributed by atoms with van der Waals surface area (Å²) < 4.78 is 0. The summed E-state index contributed by atoms with van der Waals surface area (Å²) >= 11 is 0. The standard InChI is InChI=1S/C13H20N6/c1-10(14)8-17-13-7-12(18-9-19-13)16-6-4-11-3-2-5-15-11/h2-3,5,7,9-10,15H,4,6,8,14H2,1H3,(H2,16,17,18,19). The molecule has 2 heterocycles. The number of hydrogen-bond donors (Lipinski definition) is 4. The van der Waals surface area contributed by atoms with Gasteiger partial charge in [-0.3, -0.25) is 0 Å². The predicted molar refractivity (Wildman–Crippen MR) is 77.2 cm³/mol. The number of aromatic nitrogens is 3. The molecular formula is C13H20N6. The summed E-state index contributed by atoms with van der Waals surface area (Å²) in [4.78, 5) is 11.5. The van der Waals surface area contributed by atoms with Crippen molar-refractivity contribution >= 4 is 11.6 Å². The molecule has 1 atom stereocenters. The monoisotopic (exact) mass is 260 g/mol. The van der Waals surface area contributed by atoms with E-state index in [1.165, 1.54) is 5.69 Å². The van der Waals surface area contributed by atoms with E-state index >= 15 is 0 Å². The first-order valence-corrected chi connectivity index (χ1v) is 6.41. The van der Waals surface area contributed by atoms with Crippen LogP contribution in [0.3, 0.4) is 0 Å². The lowest BCUT2D eigenvalue weighted by Gasteiger charge is -2.09. The van der Waals surface area contributed by atoms with Crippen molar-refractivity contribution < 1.29 is 0 Å². The van der Waals surface area contributed by atoms with Crippen LogP contribution in [0.5, 0.6) is 0 Å². The fourth-order valence-corrected chi connectivity index (χ4v) is 1.66. The van der Waals surface area contributed by atoms with E-state index in [9.17, 15) is 0 Å². The zero-order chi connectivity index (χ0) is 13.5. The zero-order valence-electron chi connectivity index (χ0n) is 11.1. The molecule has 0 saturated carbocycles. The van der Waals surface area contributed by atoms with E-state index in [0.29, 0.717) is 6.54 Å². The maximum atomic E-state index is 5.69. The molecule has 0 fully saturated rings. The Morgan fingerprint density at radius 2 is 2.11 bits per heavy atom. The van der Waals surface area contributed by atoms with Gasteiger partial charge in [0, 0.05) is 43.5 Å². The molecule has 6 nitrogen and oxygen atoms in total. The molecule has 0 aliphatic rings. The van der Waals surface area contributed by atoms with E-state index in [1.54, 1.807) is 6.33 Å². The normalized spacial score (nSPS) is 12.1. The summed E-state index contributed by atoms with van der Waals surface area (Å²) in [5, 5.41) is 6.43. The molecule has 0 spiro atoms. The highest BCUT2D eigenvalue weighted by atomic mass is 15.1. The molecule has 0 amide bonds. The molecule has 0 aliphatic heterocycles. The second-order valence-corrected chi connectivity index (χ2v) is 4.52. The highest BCUT2D eigenvalue weighted by Gasteiger charge is 2.00. The number of nitrogens with zero attached hydrogens (tertiary/aromatic N) is 2. The van der Waals surface area contributed by atoms with Crippen LogP contribution in [0.25, 0.3) is 0 Å². The predicted octanol–water partition coefficient (Wildman–Crippen LogP) is 1.22. The molecule has 1 unspecified atom stereocenters. The molecule has 5 N–H and O–H groups in total. The number of anilines is 2. The van der Waals surface area contributed by atoms with Crippen LogP contribution in [0.4, 0.5) is 11.6 Å². The lowest BCUT2D eigenvalue weighted by atomic mass is 10.3. The minimum absolute atomic E-state index is 0.0965. The van der Waals surface area contributed by atoms with Gasteiger partial charge in [-0.1, -0.05) is 0 Å². The van der Waals surface area contributed by atoms with Gasteiger partial charge < -0.3 is 21.4 Å². The third-order valence-electron chi connectivity index (χ3n) is 2.64. The summed E-state index contributed by atoms with van der Waals surface area (Å²) in [6, 6.07) is 6.05. The van der Waals surface area contributed by atoms with Crippen LogP contribution in [0.2, 0.25) is 0 Å². The SMILES string of the molecule is CC(N)CNc1cc(NCCc2ccc[nH]2)ncn1. The van der Waals surface area contributed by atoms with Crippen LogP contribution < -0.4 is 16.4 Å². The fourth-order valence-electron chi connectivity index (χ4n) is 1.66. The van der Waals surface area contributed by atoms with Gasteiger partial charge in [-0.15, -0.1) is 0 Å². The molecule has 2 aromatic rings. The molecule has 6 heteroatoms. The Balaban J connectivity index is 1.81. The van der Waals surface area contributed by atoms with Crippen LogP contribution in [0.15, 0.2) is 30.7 Å². The zero-order valence-corrected chi connectivity index (χ0v) is 11.1. The number of rotatable bonds is 7. The number of nitrogens with one attached hydrogen (secondary N) is 3. The number of hydrogen-bond acceptors (Lipinski definition) is 5. The van der Waals surface area contributed by atoms with Crippen molar-refractivity contribution in [2.24, 2.45) is 5.73 Å². The molecule has 102 valence electrons. The van der Waals surface area contributed by atoms with Crippen LogP contribution in [-0.4, -0.2) is 34.1 Å². The maximum absolute atomic E-state index is 5.69. The third-order valence-corrected chi connectivity index (χ3v) is 2.64. The molecule has 0 radical (unpaired) electrons. The average molecular weight is 260 g/mol.